The van der Waals surface area contributed by atoms with Crippen LogP contribution in [0.2, 0.25) is 10.0 Å². The first-order valence-electron chi connectivity index (χ1n) is 9.13. The second kappa shape index (κ2) is 7.49. The summed E-state index contributed by atoms with van der Waals surface area (Å²) < 4.78 is 0. The van der Waals surface area contributed by atoms with E-state index in [0.717, 1.165) is 41.1 Å². The van der Waals surface area contributed by atoms with Crippen LogP contribution < -0.4 is 0 Å². The molecule has 0 spiro atoms. The quantitative estimate of drug-likeness (QED) is 0.597. The number of halogens is 2. The molecule has 0 bridgehead atoms. The molecule has 4 rings (SSSR count). The lowest BCUT2D eigenvalue weighted by molar-refractivity contribution is -0.131. The molecule has 1 saturated carbocycles. The Morgan fingerprint density at radius 2 is 1.70 bits per heavy atom. The number of fused-ring (bicyclic) bond motifs is 1. The normalized spacial score (nSPS) is 23.3. The molecular formula is C22H20Cl2N2O. The van der Waals surface area contributed by atoms with Crippen LogP contribution in [0.3, 0.4) is 0 Å². The van der Waals surface area contributed by atoms with E-state index in [-0.39, 0.29) is 17.9 Å². The first kappa shape index (κ1) is 18.3. The van der Waals surface area contributed by atoms with Crippen molar-refractivity contribution in [3.05, 3.63) is 75.3 Å². The Morgan fingerprint density at radius 3 is 2.33 bits per heavy atom. The smallest absolute Gasteiger partial charge is 0.240 e. The van der Waals surface area contributed by atoms with E-state index >= 15 is 0 Å². The van der Waals surface area contributed by atoms with Crippen LogP contribution in [0.4, 0.5) is 0 Å². The highest BCUT2D eigenvalue weighted by Crippen LogP contribution is 2.44. The number of benzene rings is 2. The molecule has 5 heteroatoms. The first-order chi connectivity index (χ1) is 13.0. The topological polar surface area (TPSA) is 32.7 Å². The minimum atomic E-state index is -0.0660. The number of hydrogen-bond donors (Lipinski definition) is 0. The molecule has 1 aliphatic carbocycles. The largest absolute Gasteiger partial charge is 0.273 e. The Kier molecular flexibility index (Phi) is 5.07. The number of amides is 1. The third kappa shape index (κ3) is 3.67. The zero-order valence-electron chi connectivity index (χ0n) is 15.0. The molecule has 0 N–H and O–H groups in total. The van der Waals surface area contributed by atoms with Crippen LogP contribution >= 0.6 is 23.2 Å². The van der Waals surface area contributed by atoms with Crippen molar-refractivity contribution in [2.45, 2.75) is 32.2 Å². The maximum absolute atomic E-state index is 12.3. The van der Waals surface area contributed by atoms with Crippen molar-refractivity contribution in [2.75, 3.05) is 0 Å². The van der Waals surface area contributed by atoms with Crippen LogP contribution in [0.15, 0.2) is 59.2 Å². The van der Waals surface area contributed by atoms with Crippen molar-refractivity contribution in [1.29, 1.82) is 0 Å². The second-order valence-corrected chi connectivity index (χ2v) is 7.94. The van der Waals surface area contributed by atoms with Gasteiger partial charge >= 0.3 is 0 Å². The zero-order valence-corrected chi connectivity index (χ0v) is 16.5. The number of carbonyl (C=O) groups excluding carboxylic acids is 1. The lowest BCUT2D eigenvalue weighted by atomic mass is 9.77. The number of hydrazone groups is 1. The molecule has 138 valence electrons. The number of nitrogens with zero attached hydrogens (tertiary/aromatic N) is 2. The minimum Gasteiger partial charge on any atom is -0.273 e. The Labute approximate surface area is 169 Å². The molecule has 0 radical (unpaired) electrons. The summed E-state index contributed by atoms with van der Waals surface area (Å²) in [6, 6.07) is 15.5. The van der Waals surface area contributed by atoms with Gasteiger partial charge in [0.25, 0.3) is 0 Å². The van der Waals surface area contributed by atoms with Gasteiger partial charge in [-0.15, -0.1) is 0 Å². The monoisotopic (exact) mass is 398 g/mol. The molecule has 0 unspecified atom stereocenters. The standard InChI is InChI=1S/C22H20Cl2N2O/c1-14(27)26-22(16-7-11-19(24)12-8-16)20-4-2-3-17(21(20)25-26)13-15-5-9-18(23)10-6-15/h5-13,20,22H,2-4H2,1H3/b17-13+/t20-,22+/m1/s1. The van der Waals surface area contributed by atoms with Crippen LogP contribution in [0.1, 0.15) is 43.4 Å². The predicted molar refractivity (Wildman–Crippen MR) is 111 cm³/mol. The molecule has 1 aliphatic heterocycles. The molecule has 2 aromatic rings. The van der Waals surface area contributed by atoms with E-state index in [4.69, 9.17) is 28.3 Å². The van der Waals surface area contributed by atoms with Crippen molar-refractivity contribution in [1.82, 2.24) is 5.01 Å². The summed E-state index contributed by atoms with van der Waals surface area (Å²) in [5, 5.41) is 7.82. The Bertz CT molecular complexity index is 916. The summed E-state index contributed by atoms with van der Waals surface area (Å²) in [6.45, 7) is 1.58. The fraction of sp³-hybridized carbons (Fsp3) is 0.273. The third-order valence-corrected chi connectivity index (χ3v) is 5.75. The third-order valence-electron chi connectivity index (χ3n) is 5.25. The Morgan fingerprint density at radius 1 is 1.07 bits per heavy atom. The van der Waals surface area contributed by atoms with Gasteiger partial charge in [0.15, 0.2) is 0 Å². The minimum absolute atomic E-state index is 0.0392. The Hall–Kier alpha value is -2.10. The van der Waals surface area contributed by atoms with Gasteiger partial charge in [0, 0.05) is 22.9 Å². The van der Waals surface area contributed by atoms with E-state index in [0.29, 0.717) is 5.02 Å². The van der Waals surface area contributed by atoms with Crippen molar-refractivity contribution in [3.8, 4) is 0 Å². The molecule has 1 amide bonds. The number of rotatable bonds is 2. The zero-order chi connectivity index (χ0) is 19.0. The predicted octanol–water partition coefficient (Wildman–Crippen LogP) is 6.14. The van der Waals surface area contributed by atoms with Gasteiger partial charge < -0.3 is 0 Å². The van der Waals surface area contributed by atoms with E-state index in [9.17, 15) is 4.79 Å². The van der Waals surface area contributed by atoms with E-state index in [1.165, 1.54) is 5.57 Å². The lowest BCUT2D eigenvalue weighted by Gasteiger charge is -2.29. The van der Waals surface area contributed by atoms with Gasteiger partial charge in [0.2, 0.25) is 5.91 Å². The van der Waals surface area contributed by atoms with E-state index < -0.39 is 0 Å². The summed E-state index contributed by atoms with van der Waals surface area (Å²) in [5.41, 5.74) is 4.41. The van der Waals surface area contributed by atoms with Gasteiger partial charge in [-0.2, -0.15) is 5.10 Å². The van der Waals surface area contributed by atoms with Crippen LogP contribution in [-0.4, -0.2) is 16.6 Å². The van der Waals surface area contributed by atoms with E-state index in [2.05, 4.69) is 6.08 Å². The molecule has 2 aromatic carbocycles. The van der Waals surface area contributed by atoms with Gasteiger partial charge in [-0.25, -0.2) is 5.01 Å². The highest BCUT2D eigenvalue weighted by atomic mass is 35.5. The average molecular weight is 399 g/mol. The molecule has 27 heavy (non-hydrogen) atoms. The fourth-order valence-electron chi connectivity index (χ4n) is 4.02. The van der Waals surface area contributed by atoms with Gasteiger partial charge in [-0.3, -0.25) is 4.79 Å². The maximum Gasteiger partial charge on any atom is 0.240 e. The van der Waals surface area contributed by atoms with Crippen molar-refractivity contribution >= 4 is 40.9 Å². The van der Waals surface area contributed by atoms with Crippen LogP contribution in [0, 0.1) is 5.92 Å². The Balaban J connectivity index is 1.72. The number of carbonyl (C=O) groups is 1. The van der Waals surface area contributed by atoms with Crippen LogP contribution in [0.5, 0.6) is 0 Å². The fourth-order valence-corrected chi connectivity index (χ4v) is 4.27. The molecule has 3 nitrogen and oxygen atoms in total. The molecule has 2 aliphatic rings. The lowest BCUT2D eigenvalue weighted by Crippen LogP contribution is -2.30. The molecule has 1 heterocycles. The van der Waals surface area contributed by atoms with Crippen molar-refractivity contribution in [3.63, 3.8) is 0 Å². The van der Waals surface area contributed by atoms with Crippen LogP contribution in [0.25, 0.3) is 6.08 Å². The highest BCUT2D eigenvalue weighted by molar-refractivity contribution is 6.30. The van der Waals surface area contributed by atoms with Gasteiger partial charge in [0.1, 0.15) is 0 Å². The molecule has 0 aromatic heterocycles. The van der Waals surface area contributed by atoms with E-state index in [1.807, 2.05) is 48.5 Å². The second-order valence-electron chi connectivity index (χ2n) is 7.07. The molecule has 0 saturated heterocycles. The summed E-state index contributed by atoms with van der Waals surface area (Å²) in [4.78, 5) is 12.3. The summed E-state index contributed by atoms with van der Waals surface area (Å²) >= 11 is 12.0. The summed E-state index contributed by atoms with van der Waals surface area (Å²) in [6.07, 6.45) is 5.24. The highest BCUT2D eigenvalue weighted by Gasteiger charge is 2.42. The molecular weight excluding hydrogens is 379 g/mol. The van der Waals surface area contributed by atoms with Crippen molar-refractivity contribution in [2.24, 2.45) is 11.0 Å². The van der Waals surface area contributed by atoms with Crippen LogP contribution in [-0.2, 0) is 4.79 Å². The average Bonchev–Trinajstić information content (AvgIpc) is 3.05. The molecule has 2 atom stereocenters. The van der Waals surface area contributed by atoms with Gasteiger partial charge in [-0.05, 0) is 66.3 Å². The molecule has 1 fully saturated rings. The summed E-state index contributed by atoms with van der Waals surface area (Å²) in [7, 11) is 0. The first-order valence-corrected chi connectivity index (χ1v) is 9.89. The summed E-state index contributed by atoms with van der Waals surface area (Å²) in [5.74, 6) is 0.171. The van der Waals surface area contributed by atoms with Gasteiger partial charge in [0.05, 0.1) is 11.8 Å². The number of hydrogen-bond acceptors (Lipinski definition) is 2. The SMILES string of the molecule is CC(=O)N1N=C2/C(=C/c3ccc(Cl)cc3)CCC[C@H]2[C@@H]1c1ccc(Cl)cc1. The maximum atomic E-state index is 12.3. The van der Waals surface area contributed by atoms with Crippen molar-refractivity contribution < 1.29 is 4.79 Å². The number of allylic oxidation sites excluding steroid dienone is 1. The van der Waals surface area contributed by atoms with Gasteiger partial charge in [-0.1, -0.05) is 47.5 Å². The van der Waals surface area contributed by atoms with E-state index in [1.54, 1.807) is 11.9 Å².